The van der Waals surface area contributed by atoms with Crippen LogP contribution in [0.2, 0.25) is 0 Å². The summed E-state index contributed by atoms with van der Waals surface area (Å²) in [5.41, 5.74) is 1.18. The van der Waals surface area contributed by atoms with Crippen LogP contribution in [0.1, 0.15) is 5.56 Å². The average molecular weight is 292 g/mol. The Hall–Kier alpha value is -2.14. The minimum atomic E-state index is -0.585. The summed E-state index contributed by atoms with van der Waals surface area (Å²) in [7, 11) is 4.92. The van der Waals surface area contributed by atoms with E-state index < -0.39 is 11.6 Å². The SMILES string of the molecule is CNCc1cc(F)c(N(C)c2ccc(OC)cc2)c(F)c1. The lowest BCUT2D eigenvalue weighted by Crippen LogP contribution is -2.14. The summed E-state index contributed by atoms with van der Waals surface area (Å²) >= 11 is 0. The van der Waals surface area contributed by atoms with Crippen molar-refractivity contribution in [2.45, 2.75) is 6.54 Å². The molecule has 5 heteroatoms. The Balaban J connectivity index is 2.35. The molecular formula is C16H18F2N2O. The molecule has 2 rings (SSSR count). The average Bonchev–Trinajstić information content (AvgIpc) is 2.47. The Kier molecular flexibility index (Phi) is 4.75. The lowest BCUT2D eigenvalue weighted by molar-refractivity contribution is 0.415. The number of methoxy groups -OCH3 is 1. The van der Waals surface area contributed by atoms with Gasteiger partial charge in [-0.1, -0.05) is 0 Å². The van der Waals surface area contributed by atoms with Gasteiger partial charge in [-0.3, -0.25) is 0 Å². The summed E-state index contributed by atoms with van der Waals surface area (Å²) in [5.74, 6) is -0.477. The van der Waals surface area contributed by atoms with Gasteiger partial charge < -0.3 is 15.0 Å². The van der Waals surface area contributed by atoms with Crippen LogP contribution in [0.25, 0.3) is 0 Å². The zero-order valence-electron chi connectivity index (χ0n) is 12.3. The second kappa shape index (κ2) is 6.54. The smallest absolute Gasteiger partial charge is 0.150 e. The van der Waals surface area contributed by atoms with Crippen LogP contribution in [-0.4, -0.2) is 21.2 Å². The topological polar surface area (TPSA) is 24.5 Å². The maximum Gasteiger partial charge on any atom is 0.150 e. The molecule has 0 aliphatic heterocycles. The number of benzene rings is 2. The van der Waals surface area contributed by atoms with E-state index in [-0.39, 0.29) is 5.69 Å². The fourth-order valence-electron chi connectivity index (χ4n) is 2.18. The predicted molar refractivity (Wildman–Crippen MR) is 80.2 cm³/mol. The first kappa shape index (κ1) is 15.3. The number of hydrogen-bond acceptors (Lipinski definition) is 3. The monoisotopic (exact) mass is 292 g/mol. The van der Waals surface area contributed by atoms with E-state index in [0.29, 0.717) is 23.5 Å². The molecule has 3 nitrogen and oxygen atoms in total. The molecule has 0 aromatic heterocycles. The molecule has 0 bridgehead atoms. The Morgan fingerprint density at radius 2 is 1.67 bits per heavy atom. The van der Waals surface area contributed by atoms with E-state index in [1.807, 2.05) is 0 Å². The van der Waals surface area contributed by atoms with Crippen molar-refractivity contribution in [3.05, 3.63) is 53.6 Å². The lowest BCUT2D eigenvalue weighted by atomic mass is 10.1. The minimum absolute atomic E-state index is 0.0694. The molecular weight excluding hydrogens is 274 g/mol. The highest BCUT2D eigenvalue weighted by Gasteiger charge is 2.16. The Labute approximate surface area is 123 Å². The molecule has 0 unspecified atom stereocenters. The number of rotatable bonds is 5. The van der Waals surface area contributed by atoms with Gasteiger partial charge in [0.1, 0.15) is 23.1 Å². The quantitative estimate of drug-likeness (QED) is 0.913. The van der Waals surface area contributed by atoms with Crippen LogP contribution in [-0.2, 0) is 6.54 Å². The zero-order chi connectivity index (χ0) is 15.4. The highest BCUT2D eigenvalue weighted by molar-refractivity contribution is 5.64. The molecule has 0 atom stereocenters. The van der Waals surface area contributed by atoms with E-state index in [1.165, 1.54) is 17.0 Å². The van der Waals surface area contributed by atoms with Gasteiger partial charge in [-0.15, -0.1) is 0 Å². The minimum Gasteiger partial charge on any atom is -0.497 e. The molecule has 0 spiro atoms. The lowest BCUT2D eigenvalue weighted by Gasteiger charge is -2.21. The van der Waals surface area contributed by atoms with Crippen molar-refractivity contribution in [3.63, 3.8) is 0 Å². The summed E-state index contributed by atoms with van der Waals surface area (Å²) in [6.07, 6.45) is 0. The van der Waals surface area contributed by atoms with E-state index in [1.54, 1.807) is 45.5 Å². The first-order valence-corrected chi connectivity index (χ1v) is 6.57. The first-order valence-electron chi connectivity index (χ1n) is 6.57. The van der Waals surface area contributed by atoms with Gasteiger partial charge in [0.2, 0.25) is 0 Å². The van der Waals surface area contributed by atoms with Gasteiger partial charge in [0, 0.05) is 19.3 Å². The van der Waals surface area contributed by atoms with Crippen molar-refractivity contribution in [2.75, 3.05) is 26.1 Å². The molecule has 2 aromatic carbocycles. The summed E-state index contributed by atoms with van der Waals surface area (Å²) < 4.78 is 33.4. The number of halogens is 2. The normalized spacial score (nSPS) is 10.5. The van der Waals surface area contributed by atoms with Crippen LogP contribution in [0.5, 0.6) is 5.75 Å². The van der Waals surface area contributed by atoms with E-state index in [9.17, 15) is 8.78 Å². The van der Waals surface area contributed by atoms with Gasteiger partial charge in [-0.05, 0) is 49.0 Å². The van der Waals surface area contributed by atoms with Crippen LogP contribution in [0.15, 0.2) is 36.4 Å². The largest absolute Gasteiger partial charge is 0.497 e. The molecule has 0 saturated carbocycles. The van der Waals surface area contributed by atoms with Gasteiger partial charge in [-0.25, -0.2) is 8.78 Å². The maximum absolute atomic E-state index is 14.2. The van der Waals surface area contributed by atoms with Crippen LogP contribution < -0.4 is 15.0 Å². The van der Waals surface area contributed by atoms with E-state index in [4.69, 9.17) is 4.74 Å². The molecule has 0 fully saturated rings. The zero-order valence-corrected chi connectivity index (χ0v) is 12.3. The highest BCUT2D eigenvalue weighted by Crippen LogP contribution is 2.30. The molecule has 0 heterocycles. The van der Waals surface area contributed by atoms with Crippen molar-refractivity contribution in [2.24, 2.45) is 0 Å². The third-order valence-electron chi connectivity index (χ3n) is 3.25. The van der Waals surface area contributed by atoms with Crippen LogP contribution in [0.3, 0.4) is 0 Å². The molecule has 112 valence electrons. The van der Waals surface area contributed by atoms with Crippen LogP contribution in [0, 0.1) is 11.6 Å². The van der Waals surface area contributed by atoms with Gasteiger partial charge >= 0.3 is 0 Å². The third kappa shape index (κ3) is 3.31. The van der Waals surface area contributed by atoms with E-state index in [0.717, 1.165) is 0 Å². The number of nitrogens with one attached hydrogen (secondary N) is 1. The fourth-order valence-corrected chi connectivity index (χ4v) is 2.18. The molecule has 21 heavy (non-hydrogen) atoms. The van der Waals surface area contributed by atoms with Gasteiger partial charge in [0.15, 0.2) is 0 Å². The molecule has 0 amide bonds. The Bertz CT molecular complexity index is 591. The summed E-state index contributed by atoms with van der Waals surface area (Å²) in [6.45, 7) is 0.417. The van der Waals surface area contributed by atoms with Crippen molar-refractivity contribution in [3.8, 4) is 5.75 Å². The maximum atomic E-state index is 14.2. The van der Waals surface area contributed by atoms with Crippen LogP contribution >= 0.6 is 0 Å². The standard InChI is InChI=1S/C16H18F2N2O/c1-19-10-11-8-14(17)16(15(18)9-11)20(2)12-4-6-13(21-3)7-5-12/h4-9,19H,10H2,1-3H3. The number of nitrogens with zero attached hydrogens (tertiary/aromatic N) is 1. The molecule has 1 N–H and O–H groups in total. The molecule has 0 aliphatic carbocycles. The van der Waals surface area contributed by atoms with E-state index in [2.05, 4.69) is 5.32 Å². The van der Waals surface area contributed by atoms with E-state index >= 15 is 0 Å². The van der Waals surface area contributed by atoms with Gasteiger partial charge in [0.05, 0.1) is 7.11 Å². The second-order valence-corrected chi connectivity index (χ2v) is 4.70. The molecule has 2 aromatic rings. The Morgan fingerprint density at radius 1 is 1.10 bits per heavy atom. The highest BCUT2D eigenvalue weighted by atomic mass is 19.1. The number of anilines is 2. The van der Waals surface area contributed by atoms with Crippen molar-refractivity contribution >= 4 is 11.4 Å². The van der Waals surface area contributed by atoms with Gasteiger partial charge in [-0.2, -0.15) is 0 Å². The second-order valence-electron chi connectivity index (χ2n) is 4.70. The summed E-state index contributed by atoms with van der Waals surface area (Å²) in [6, 6.07) is 9.68. The first-order chi connectivity index (χ1) is 10.1. The fraction of sp³-hybridized carbons (Fsp3) is 0.250. The molecule has 0 saturated heterocycles. The molecule has 0 radical (unpaired) electrons. The Morgan fingerprint density at radius 3 is 2.14 bits per heavy atom. The number of ether oxygens (including phenoxy) is 1. The van der Waals surface area contributed by atoms with Gasteiger partial charge in [0.25, 0.3) is 0 Å². The van der Waals surface area contributed by atoms with Crippen LogP contribution in [0.4, 0.5) is 20.2 Å². The number of hydrogen-bond donors (Lipinski definition) is 1. The molecule has 0 aliphatic rings. The summed E-state index contributed by atoms with van der Waals surface area (Å²) in [5, 5.41) is 2.87. The third-order valence-corrected chi connectivity index (χ3v) is 3.25. The van der Waals surface area contributed by atoms with Crippen molar-refractivity contribution in [1.82, 2.24) is 5.32 Å². The summed E-state index contributed by atoms with van der Waals surface area (Å²) in [4.78, 5) is 1.48. The van der Waals surface area contributed by atoms with Crippen molar-refractivity contribution in [1.29, 1.82) is 0 Å². The predicted octanol–water partition coefficient (Wildman–Crippen LogP) is 3.46. The van der Waals surface area contributed by atoms with Crippen molar-refractivity contribution < 1.29 is 13.5 Å².